The van der Waals surface area contributed by atoms with Crippen molar-refractivity contribution in [2.45, 2.75) is 52.1 Å². The van der Waals surface area contributed by atoms with Gasteiger partial charge >= 0.3 is 12.4 Å². The van der Waals surface area contributed by atoms with Gasteiger partial charge < -0.3 is 21.3 Å². The Labute approximate surface area is 401 Å². The normalized spacial score (nSPS) is 12.7. The van der Waals surface area contributed by atoms with E-state index in [4.69, 9.17) is 46.4 Å². The minimum absolute atomic E-state index is 0.0429. The van der Waals surface area contributed by atoms with E-state index in [-0.39, 0.29) is 65.3 Å². The number of anilines is 4. The molecule has 354 valence electrons. The number of benzene rings is 5. The maximum Gasteiger partial charge on any atom is 0.416 e. The van der Waals surface area contributed by atoms with Crippen LogP contribution in [0.2, 0.25) is 20.1 Å². The number of amides is 4. The lowest BCUT2D eigenvalue weighted by molar-refractivity contribution is -0.138. The molecule has 24 heteroatoms. The summed E-state index contributed by atoms with van der Waals surface area (Å²) in [5.74, 6) is -5.13. The van der Waals surface area contributed by atoms with E-state index in [1.807, 2.05) is 0 Å². The third-order valence-corrected chi connectivity index (χ3v) is 10.0. The van der Waals surface area contributed by atoms with Crippen molar-refractivity contribution in [1.29, 1.82) is 0 Å². The van der Waals surface area contributed by atoms with Crippen LogP contribution in [0.4, 0.5) is 60.5 Å². The van der Waals surface area contributed by atoms with Gasteiger partial charge in [0.1, 0.15) is 0 Å². The minimum atomic E-state index is -4.74. The van der Waals surface area contributed by atoms with Crippen LogP contribution in [0.15, 0.2) is 105 Å². The topological polar surface area (TPSA) is 200 Å². The summed E-state index contributed by atoms with van der Waals surface area (Å²) in [5.41, 5.74) is -2.12. The van der Waals surface area contributed by atoms with Gasteiger partial charge in [-0.3, -0.25) is 28.8 Å². The summed E-state index contributed by atoms with van der Waals surface area (Å²) in [5, 5.41) is 24.6. The SMILES string of the molecule is CC(=O)C(N=Nc1cc(Cl)cc(C(=O)Nc2cc(Cl)cc(C(F)(F)F)c2)c1)C(=O)Nc1cc(C)c(NC(=O)C(N=Nc2cc(Cl)cc(C(=O)Nc3cc(Cl)cc(C(F)(F)F)c3)c2)C(C)=O)c(C)c1. The molecular formula is C44H32Cl4F6N8O6. The molecule has 0 aliphatic rings. The number of ketones is 2. The molecule has 2 unspecified atom stereocenters. The number of hydrogen-bond acceptors (Lipinski definition) is 10. The molecule has 0 spiro atoms. The molecule has 0 bridgehead atoms. The van der Waals surface area contributed by atoms with E-state index >= 15 is 0 Å². The first-order valence-corrected chi connectivity index (χ1v) is 20.7. The zero-order valence-electron chi connectivity index (χ0n) is 35.3. The Hall–Kier alpha value is -6.74. The van der Waals surface area contributed by atoms with Crippen molar-refractivity contribution in [3.8, 4) is 0 Å². The number of nitrogens with one attached hydrogen (secondary N) is 4. The highest BCUT2D eigenvalue weighted by atomic mass is 35.5. The van der Waals surface area contributed by atoms with Crippen LogP contribution in [0, 0.1) is 13.8 Å². The van der Waals surface area contributed by atoms with Gasteiger partial charge in [0.15, 0.2) is 11.6 Å². The van der Waals surface area contributed by atoms with Crippen LogP contribution in [0.25, 0.3) is 0 Å². The molecule has 5 aromatic carbocycles. The summed E-state index contributed by atoms with van der Waals surface area (Å²) >= 11 is 24.0. The number of nitrogens with zero attached hydrogens (tertiary/aromatic N) is 4. The maximum atomic E-state index is 13.4. The Morgan fingerprint density at radius 3 is 1.19 bits per heavy atom. The Bertz CT molecular complexity index is 2910. The number of Topliss-reactive ketones (excluding diaryl/α,β-unsaturated/α-hetero) is 2. The Balaban J connectivity index is 1.27. The second-order valence-corrected chi connectivity index (χ2v) is 16.4. The molecule has 0 aliphatic carbocycles. The van der Waals surface area contributed by atoms with E-state index in [9.17, 15) is 55.1 Å². The van der Waals surface area contributed by atoms with Crippen LogP contribution in [0.3, 0.4) is 0 Å². The number of rotatable bonds is 14. The standard InChI is InChI=1S/C44H32Cl4F6N8O6/c1-19-5-31(57-41(67)37(21(3)63)61-59-34-9-23(7-27(45)17-34)39(65)55-32-13-25(43(49,50)51)11-29(47)15-32)6-20(2)36(19)58-42(68)38(22(4)64)62-60-35-10-24(8-28(46)18-35)40(66)56-33-14-26(44(52,53)54)12-30(48)16-33/h5-18,37-38H,1-4H3,(H,55,65)(H,56,66)(H,57,67)(H,58,68). The number of halogens is 10. The molecule has 14 nitrogen and oxygen atoms in total. The third-order valence-electron chi connectivity index (χ3n) is 9.15. The zero-order valence-corrected chi connectivity index (χ0v) is 38.3. The van der Waals surface area contributed by atoms with Crippen LogP contribution < -0.4 is 21.3 Å². The second-order valence-electron chi connectivity index (χ2n) is 14.7. The molecule has 0 fully saturated rings. The van der Waals surface area contributed by atoms with Crippen LogP contribution >= 0.6 is 46.4 Å². The number of carbonyl (C=O) groups is 6. The van der Waals surface area contributed by atoms with E-state index < -0.39 is 70.8 Å². The summed E-state index contributed by atoms with van der Waals surface area (Å²) < 4.78 is 79.7. The highest BCUT2D eigenvalue weighted by Crippen LogP contribution is 2.35. The maximum absolute atomic E-state index is 13.4. The van der Waals surface area contributed by atoms with Gasteiger partial charge in [-0.05, 0) is 124 Å². The quantitative estimate of drug-likeness (QED) is 0.0484. The minimum Gasteiger partial charge on any atom is -0.324 e. The third kappa shape index (κ3) is 14.1. The number of aryl methyl sites for hydroxylation is 2. The first kappa shape index (κ1) is 52.2. The first-order chi connectivity index (χ1) is 31.7. The van der Waals surface area contributed by atoms with Gasteiger partial charge in [-0.25, -0.2) is 0 Å². The fourth-order valence-corrected chi connectivity index (χ4v) is 7.03. The van der Waals surface area contributed by atoms with Gasteiger partial charge in [0.25, 0.3) is 23.6 Å². The van der Waals surface area contributed by atoms with Crippen LogP contribution in [-0.2, 0) is 31.5 Å². The van der Waals surface area contributed by atoms with E-state index in [2.05, 4.69) is 41.7 Å². The van der Waals surface area contributed by atoms with Crippen LogP contribution in [0.1, 0.15) is 56.8 Å². The van der Waals surface area contributed by atoms with Crippen LogP contribution in [0.5, 0.6) is 0 Å². The van der Waals surface area contributed by atoms with Crippen LogP contribution in [-0.4, -0.2) is 47.3 Å². The van der Waals surface area contributed by atoms with Crippen molar-refractivity contribution in [2.75, 3.05) is 21.3 Å². The molecule has 4 N–H and O–H groups in total. The summed E-state index contributed by atoms with van der Waals surface area (Å²) in [7, 11) is 0. The van der Waals surface area contributed by atoms with Gasteiger partial charge in [0.2, 0.25) is 12.1 Å². The van der Waals surface area contributed by atoms with Crippen molar-refractivity contribution in [3.63, 3.8) is 0 Å². The largest absolute Gasteiger partial charge is 0.416 e. The van der Waals surface area contributed by atoms with Crippen molar-refractivity contribution in [3.05, 3.63) is 138 Å². The summed E-state index contributed by atoms with van der Waals surface area (Å²) in [6.07, 6.45) is -9.48. The molecule has 4 amide bonds. The summed E-state index contributed by atoms with van der Waals surface area (Å²) in [4.78, 5) is 77.9. The van der Waals surface area contributed by atoms with Gasteiger partial charge in [-0.2, -0.15) is 46.8 Å². The van der Waals surface area contributed by atoms with Gasteiger partial charge in [-0.15, -0.1) is 0 Å². The molecule has 5 aromatic rings. The zero-order chi connectivity index (χ0) is 50.4. The fraction of sp³-hybridized carbons (Fsp3) is 0.182. The molecule has 68 heavy (non-hydrogen) atoms. The Kier molecular flexibility index (Phi) is 16.5. The van der Waals surface area contributed by atoms with Gasteiger partial charge in [0.05, 0.1) is 22.5 Å². The monoisotopic (exact) mass is 1020 g/mol. The average Bonchev–Trinajstić information content (AvgIpc) is 3.20. The van der Waals surface area contributed by atoms with Gasteiger partial charge in [0, 0.05) is 54.0 Å². The molecular weight excluding hydrogens is 992 g/mol. The van der Waals surface area contributed by atoms with E-state index in [1.165, 1.54) is 36.4 Å². The van der Waals surface area contributed by atoms with Crippen molar-refractivity contribution >= 4 is 116 Å². The first-order valence-electron chi connectivity index (χ1n) is 19.2. The lowest BCUT2D eigenvalue weighted by atomic mass is 10.1. The number of hydrogen-bond donors (Lipinski definition) is 4. The van der Waals surface area contributed by atoms with Crippen molar-refractivity contribution in [1.82, 2.24) is 0 Å². The number of carbonyl (C=O) groups excluding carboxylic acids is 6. The lowest BCUT2D eigenvalue weighted by Crippen LogP contribution is -2.33. The molecule has 2 atom stereocenters. The molecule has 0 heterocycles. The Morgan fingerprint density at radius 2 is 0.824 bits per heavy atom. The van der Waals surface area contributed by atoms with E-state index in [0.29, 0.717) is 35.4 Å². The number of azo groups is 2. The summed E-state index contributed by atoms with van der Waals surface area (Å²) in [6, 6.07) is 11.6. The molecule has 0 saturated heterocycles. The molecule has 0 aliphatic heterocycles. The fourth-order valence-electron chi connectivity index (χ4n) is 6.10. The number of alkyl halides is 6. The van der Waals surface area contributed by atoms with Crippen molar-refractivity contribution < 1.29 is 55.1 Å². The van der Waals surface area contributed by atoms with E-state index in [1.54, 1.807) is 13.8 Å². The Morgan fingerprint density at radius 1 is 0.471 bits per heavy atom. The highest BCUT2D eigenvalue weighted by Gasteiger charge is 2.33. The second kappa shape index (κ2) is 21.5. The average molecular weight is 1020 g/mol. The lowest BCUT2D eigenvalue weighted by Gasteiger charge is -2.17. The molecule has 0 aromatic heterocycles. The molecule has 0 saturated carbocycles. The van der Waals surface area contributed by atoms with E-state index in [0.717, 1.165) is 38.1 Å². The molecule has 5 rings (SSSR count). The predicted molar refractivity (Wildman–Crippen MR) is 243 cm³/mol. The predicted octanol–water partition coefficient (Wildman–Crippen LogP) is 12.8. The van der Waals surface area contributed by atoms with Crippen molar-refractivity contribution in [2.24, 2.45) is 20.5 Å². The molecule has 0 radical (unpaired) electrons. The highest BCUT2D eigenvalue weighted by molar-refractivity contribution is 6.32. The smallest absolute Gasteiger partial charge is 0.324 e. The van der Waals surface area contributed by atoms with Gasteiger partial charge in [-0.1, -0.05) is 46.4 Å². The summed E-state index contributed by atoms with van der Waals surface area (Å²) in [6.45, 7) is 5.27.